The minimum atomic E-state index is -4.90. The predicted molar refractivity (Wildman–Crippen MR) is 263 cm³/mol. The molecule has 0 amide bonds. The molecule has 0 bridgehead atoms. The summed E-state index contributed by atoms with van der Waals surface area (Å²) in [6, 6.07) is 0. The molecule has 0 rings (SSSR count). The van der Waals surface area contributed by atoms with Gasteiger partial charge in [-0.2, -0.15) is 0 Å². The maximum absolute atomic E-state index is 10.6. The molecule has 0 atom stereocenters. The second-order valence-corrected chi connectivity index (χ2v) is 19.1. The van der Waals surface area contributed by atoms with Gasteiger partial charge in [-0.25, -0.2) is 0 Å². The first kappa shape index (κ1) is 65.5. The van der Waals surface area contributed by atoms with E-state index in [-0.39, 0.29) is 65.7 Å². The molecule has 0 saturated carbocycles. The third-order valence-electron chi connectivity index (χ3n) is 11.0. The van der Waals surface area contributed by atoms with Gasteiger partial charge in [0.25, 0.3) is 0 Å². The summed E-state index contributed by atoms with van der Waals surface area (Å²) in [6.45, 7) is 26.5. The van der Waals surface area contributed by atoms with Gasteiger partial charge in [-0.05, 0) is 212 Å². The molecule has 0 spiro atoms. The summed E-state index contributed by atoms with van der Waals surface area (Å²) >= 11 is 0. The fraction of sp³-hybridized carbons (Fsp3) is 0.600. The van der Waals surface area contributed by atoms with Crippen LogP contribution in [0.5, 0.6) is 0 Å². The van der Waals surface area contributed by atoms with Crippen molar-refractivity contribution in [2.75, 3.05) is 6.61 Å². The van der Waals surface area contributed by atoms with E-state index in [0.717, 1.165) is 115 Å². The number of hydrogen-bond donors (Lipinski definition) is 0. The second-order valence-electron chi connectivity index (χ2n) is 17.9. The van der Waals surface area contributed by atoms with Crippen LogP contribution in [-0.2, 0) is 9.09 Å². The normalized spacial score (nSPS) is 14.5. The standard InChI is InChI=1S/C55H91O4P.2Na/c1-45(2)23-13-24-46(3)25-14-26-47(4)27-15-28-48(5)29-16-30-49(6)31-17-32-50(7)33-18-34-51(8)35-19-36-52(9)37-20-38-53(10)39-21-40-54(11)41-22-42-55(12)43-44-59-60(56,57)58;;/h23,25,27,29,31,33,35,37,39,41,43H,13-22,24,26,28,30,32,34,36,38,40,42,44H2,1-12H3,(H2,56,57,58);;/q;2*+1/p-2/b46-25-,47-27-,48-29-,49-31+,50-33+,51-35+,52-37+,53-39+,54-41+,55-43+;;. The van der Waals surface area contributed by atoms with Gasteiger partial charge >= 0.3 is 59.1 Å². The molecule has 0 aromatic rings. The fourth-order valence-electron chi connectivity index (χ4n) is 6.80. The maximum atomic E-state index is 10.6. The first-order valence-corrected chi connectivity index (χ1v) is 24.7. The van der Waals surface area contributed by atoms with Gasteiger partial charge in [0.15, 0.2) is 0 Å². The molecular formula is C55H89Na2O4P. The van der Waals surface area contributed by atoms with Crippen molar-refractivity contribution in [2.45, 2.75) is 212 Å². The Hall–Kier alpha value is -0.750. The van der Waals surface area contributed by atoms with E-state index in [9.17, 15) is 14.4 Å². The molecule has 0 aliphatic carbocycles. The zero-order chi connectivity index (χ0) is 45.2. The Kier molecular flexibility index (Phi) is 44.0. The SMILES string of the molecule is CC(C)=CCC/C(C)=C\CC/C(C)=C\CC/C(C)=C\CC/C(C)=C/CC/C(C)=C/CC/C(C)=C/CC/C(C)=C/CC/C(C)=C/CC/C(C)=C/CC/C(C)=C/COP(=O)([O-])[O-].[Na+].[Na+]. The predicted octanol–water partition coefficient (Wildman–Crippen LogP) is 11.1. The van der Waals surface area contributed by atoms with E-state index in [1.54, 1.807) is 6.08 Å². The van der Waals surface area contributed by atoms with Gasteiger partial charge in [-0.15, -0.1) is 0 Å². The number of hydrogen-bond acceptors (Lipinski definition) is 4. The molecule has 7 heteroatoms. The van der Waals surface area contributed by atoms with E-state index < -0.39 is 7.82 Å². The summed E-state index contributed by atoms with van der Waals surface area (Å²) in [5, 5.41) is 0. The van der Waals surface area contributed by atoms with Crippen LogP contribution in [0.25, 0.3) is 0 Å². The minimum absolute atomic E-state index is 0. The topological polar surface area (TPSA) is 72.4 Å². The molecule has 0 N–H and O–H groups in total. The Morgan fingerprint density at radius 2 is 0.484 bits per heavy atom. The molecule has 0 aromatic heterocycles. The first-order valence-electron chi connectivity index (χ1n) is 23.2. The van der Waals surface area contributed by atoms with Gasteiger partial charge in [0.05, 0.1) is 14.4 Å². The van der Waals surface area contributed by atoms with Crippen LogP contribution in [0.1, 0.15) is 212 Å². The molecule has 0 radical (unpaired) electrons. The van der Waals surface area contributed by atoms with E-state index in [2.05, 4.69) is 141 Å². The summed E-state index contributed by atoms with van der Waals surface area (Å²) in [5.74, 6) is 0. The smallest absolute Gasteiger partial charge is 0.790 e. The second kappa shape index (κ2) is 41.7. The average molecular weight is 891 g/mol. The average Bonchev–Trinajstić information content (AvgIpc) is 3.14. The molecule has 0 heterocycles. The number of phosphoric acid groups is 1. The molecule has 0 aromatic carbocycles. The molecule has 0 aliphatic rings. The van der Waals surface area contributed by atoms with Crippen LogP contribution in [0, 0.1) is 0 Å². The minimum Gasteiger partial charge on any atom is -0.790 e. The van der Waals surface area contributed by atoms with Crippen molar-refractivity contribution in [1.82, 2.24) is 0 Å². The molecule has 62 heavy (non-hydrogen) atoms. The van der Waals surface area contributed by atoms with Gasteiger partial charge in [-0.3, -0.25) is 0 Å². The van der Waals surface area contributed by atoms with E-state index >= 15 is 0 Å². The zero-order valence-corrected chi connectivity index (χ0v) is 47.7. The van der Waals surface area contributed by atoms with Crippen molar-refractivity contribution in [3.8, 4) is 0 Å². The molecule has 340 valence electrons. The van der Waals surface area contributed by atoms with Crippen LogP contribution < -0.4 is 68.9 Å². The van der Waals surface area contributed by atoms with Crippen LogP contribution in [0.3, 0.4) is 0 Å². The molecule has 0 fully saturated rings. The van der Waals surface area contributed by atoms with Crippen molar-refractivity contribution < 1.29 is 78.0 Å². The van der Waals surface area contributed by atoms with Crippen LogP contribution >= 0.6 is 7.82 Å². The van der Waals surface area contributed by atoms with Crippen molar-refractivity contribution >= 4 is 7.82 Å². The van der Waals surface area contributed by atoms with Crippen LogP contribution in [-0.4, -0.2) is 6.61 Å². The monoisotopic (exact) mass is 891 g/mol. The Balaban J connectivity index is -0.0000174. The molecular weight excluding hydrogens is 802 g/mol. The third-order valence-corrected chi connectivity index (χ3v) is 11.5. The van der Waals surface area contributed by atoms with Gasteiger partial charge in [0.1, 0.15) is 0 Å². The summed E-state index contributed by atoms with van der Waals surface area (Å²) in [5.41, 5.74) is 15.8. The Morgan fingerprint density at radius 1 is 0.323 bits per heavy atom. The number of allylic oxidation sites excluding steroid dienone is 21. The van der Waals surface area contributed by atoms with Crippen LogP contribution in [0.2, 0.25) is 0 Å². The molecule has 0 aliphatic heterocycles. The van der Waals surface area contributed by atoms with E-state index in [1.165, 1.54) is 75.0 Å². The Labute approximate surface area is 428 Å². The maximum Gasteiger partial charge on any atom is 1.00 e. The van der Waals surface area contributed by atoms with Crippen LogP contribution in [0.15, 0.2) is 128 Å². The van der Waals surface area contributed by atoms with Gasteiger partial charge in [0, 0.05) is 0 Å². The summed E-state index contributed by atoms with van der Waals surface area (Å²) < 4.78 is 14.8. The van der Waals surface area contributed by atoms with Crippen molar-refractivity contribution in [1.29, 1.82) is 0 Å². The van der Waals surface area contributed by atoms with Crippen molar-refractivity contribution in [3.05, 3.63) is 128 Å². The Morgan fingerprint density at radius 3 is 0.645 bits per heavy atom. The van der Waals surface area contributed by atoms with E-state index in [1.807, 2.05) is 6.92 Å². The first-order chi connectivity index (χ1) is 28.4. The summed E-state index contributed by atoms with van der Waals surface area (Å²) in [4.78, 5) is 21.1. The van der Waals surface area contributed by atoms with Crippen molar-refractivity contribution in [2.24, 2.45) is 0 Å². The zero-order valence-electron chi connectivity index (χ0n) is 42.8. The number of rotatable bonds is 33. The van der Waals surface area contributed by atoms with Crippen molar-refractivity contribution in [3.63, 3.8) is 0 Å². The summed E-state index contributed by atoms with van der Waals surface area (Å²) in [7, 11) is -4.90. The summed E-state index contributed by atoms with van der Waals surface area (Å²) in [6.07, 6.45) is 47.8. The molecule has 0 unspecified atom stereocenters. The van der Waals surface area contributed by atoms with E-state index in [0.29, 0.717) is 0 Å². The number of phosphoric ester groups is 1. The molecule has 0 saturated heterocycles. The quantitative estimate of drug-likeness (QED) is 0.0374. The van der Waals surface area contributed by atoms with Gasteiger partial charge in [-0.1, -0.05) is 128 Å². The molecule has 4 nitrogen and oxygen atoms in total. The third kappa shape index (κ3) is 45.8. The fourth-order valence-corrected chi connectivity index (χ4v) is 7.05. The van der Waals surface area contributed by atoms with Crippen LogP contribution in [0.4, 0.5) is 0 Å². The largest absolute Gasteiger partial charge is 1.00 e. The van der Waals surface area contributed by atoms with E-state index in [4.69, 9.17) is 0 Å². The van der Waals surface area contributed by atoms with Gasteiger partial charge in [0.2, 0.25) is 0 Å². The Bertz CT molecular complexity index is 1620. The van der Waals surface area contributed by atoms with Gasteiger partial charge < -0.3 is 18.9 Å².